The zero-order valence-electron chi connectivity index (χ0n) is 10.6. The maximum absolute atomic E-state index is 6.41. The second-order valence-corrected chi connectivity index (χ2v) is 4.38. The first-order chi connectivity index (χ1) is 8.67. The number of hydrogen-bond donors (Lipinski definition) is 0. The van der Waals surface area contributed by atoms with E-state index in [4.69, 9.17) is 25.5 Å². The lowest BCUT2D eigenvalue weighted by molar-refractivity contribution is 0.354. The van der Waals surface area contributed by atoms with Gasteiger partial charge in [-0.15, -0.1) is 11.6 Å². The average Bonchev–Trinajstić information content (AvgIpc) is 2.91. The molecule has 0 aliphatic rings. The molecule has 0 N–H and O–H groups in total. The SMILES string of the molecule is COc1cc(C)c(C(Cl)c2ccco2)cc1OC. The zero-order valence-corrected chi connectivity index (χ0v) is 11.3. The Morgan fingerprint density at radius 2 is 1.83 bits per heavy atom. The smallest absolute Gasteiger partial charge is 0.161 e. The molecule has 0 aliphatic carbocycles. The molecule has 0 spiro atoms. The third kappa shape index (κ3) is 2.31. The first kappa shape index (κ1) is 12.8. The molecule has 1 heterocycles. The number of ether oxygens (including phenoxy) is 2. The summed E-state index contributed by atoms with van der Waals surface area (Å²) in [6.45, 7) is 1.98. The van der Waals surface area contributed by atoms with Gasteiger partial charge in [-0.1, -0.05) is 0 Å². The topological polar surface area (TPSA) is 31.6 Å². The summed E-state index contributed by atoms with van der Waals surface area (Å²) in [5.74, 6) is 2.07. The van der Waals surface area contributed by atoms with E-state index in [2.05, 4.69) is 0 Å². The van der Waals surface area contributed by atoms with E-state index in [-0.39, 0.29) is 5.38 Å². The van der Waals surface area contributed by atoms with Gasteiger partial charge < -0.3 is 13.9 Å². The maximum Gasteiger partial charge on any atom is 0.161 e. The normalized spacial score (nSPS) is 12.2. The standard InChI is InChI=1S/C14H15ClO3/c1-9-7-12(16-2)13(17-3)8-10(9)14(15)11-5-4-6-18-11/h4-8,14H,1-3H3. The van der Waals surface area contributed by atoms with Gasteiger partial charge in [0, 0.05) is 0 Å². The first-order valence-corrected chi connectivity index (χ1v) is 6.01. The fourth-order valence-electron chi connectivity index (χ4n) is 1.86. The number of benzene rings is 1. The van der Waals surface area contributed by atoms with Crippen molar-refractivity contribution in [3.8, 4) is 11.5 Å². The molecule has 2 aromatic rings. The van der Waals surface area contributed by atoms with Crippen LogP contribution >= 0.6 is 11.6 Å². The van der Waals surface area contributed by atoms with E-state index in [1.165, 1.54) is 0 Å². The molecule has 1 aromatic carbocycles. The number of rotatable bonds is 4. The van der Waals surface area contributed by atoms with Gasteiger partial charge in [0.15, 0.2) is 11.5 Å². The molecule has 1 aromatic heterocycles. The van der Waals surface area contributed by atoms with Crippen molar-refractivity contribution >= 4 is 11.6 Å². The maximum atomic E-state index is 6.41. The number of alkyl halides is 1. The third-order valence-electron chi connectivity index (χ3n) is 2.84. The van der Waals surface area contributed by atoms with Crippen molar-refractivity contribution < 1.29 is 13.9 Å². The van der Waals surface area contributed by atoms with Gasteiger partial charge in [-0.05, 0) is 42.3 Å². The van der Waals surface area contributed by atoms with Crippen LogP contribution in [0, 0.1) is 6.92 Å². The molecule has 18 heavy (non-hydrogen) atoms. The van der Waals surface area contributed by atoms with Gasteiger partial charge in [-0.25, -0.2) is 0 Å². The van der Waals surface area contributed by atoms with Gasteiger partial charge >= 0.3 is 0 Å². The van der Waals surface area contributed by atoms with E-state index >= 15 is 0 Å². The van der Waals surface area contributed by atoms with Gasteiger partial charge in [0.05, 0.1) is 20.5 Å². The summed E-state index contributed by atoms with van der Waals surface area (Å²) >= 11 is 6.41. The minimum Gasteiger partial charge on any atom is -0.493 e. The Balaban J connectivity index is 2.45. The van der Waals surface area contributed by atoms with Crippen LogP contribution in [-0.2, 0) is 0 Å². The molecule has 2 rings (SSSR count). The lowest BCUT2D eigenvalue weighted by Gasteiger charge is -2.15. The number of aryl methyl sites for hydroxylation is 1. The van der Waals surface area contributed by atoms with Crippen molar-refractivity contribution in [3.05, 3.63) is 47.4 Å². The Morgan fingerprint density at radius 1 is 1.17 bits per heavy atom. The molecule has 4 heteroatoms. The second kappa shape index (κ2) is 5.36. The highest BCUT2D eigenvalue weighted by Crippen LogP contribution is 2.37. The predicted octanol–water partition coefficient (Wildman–Crippen LogP) is 3.93. The molecular weight excluding hydrogens is 252 g/mol. The van der Waals surface area contributed by atoms with Crippen LogP contribution in [-0.4, -0.2) is 14.2 Å². The van der Waals surface area contributed by atoms with Crippen molar-refractivity contribution in [2.24, 2.45) is 0 Å². The Hall–Kier alpha value is -1.61. The van der Waals surface area contributed by atoms with Gasteiger partial charge in [0.25, 0.3) is 0 Å². The number of methoxy groups -OCH3 is 2. The number of furan rings is 1. The summed E-state index contributed by atoms with van der Waals surface area (Å²) in [6.07, 6.45) is 1.61. The monoisotopic (exact) mass is 266 g/mol. The lowest BCUT2D eigenvalue weighted by Crippen LogP contribution is -1.98. The van der Waals surface area contributed by atoms with Crippen LogP contribution in [0.15, 0.2) is 34.9 Å². The summed E-state index contributed by atoms with van der Waals surface area (Å²) in [7, 11) is 3.22. The van der Waals surface area contributed by atoms with Crippen LogP contribution in [0.2, 0.25) is 0 Å². The van der Waals surface area contributed by atoms with Crippen LogP contribution in [0.4, 0.5) is 0 Å². The Labute approximate surface area is 111 Å². The summed E-state index contributed by atoms with van der Waals surface area (Å²) in [5, 5.41) is -0.334. The van der Waals surface area contributed by atoms with Crippen molar-refractivity contribution in [2.75, 3.05) is 14.2 Å². The Morgan fingerprint density at radius 3 is 2.39 bits per heavy atom. The highest BCUT2D eigenvalue weighted by Gasteiger charge is 2.18. The number of hydrogen-bond acceptors (Lipinski definition) is 3. The third-order valence-corrected chi connectivity index (χ3v) is 3.29. The highest BCUT2D eigenvalue weighted by atomic mass is 35.5. The minimum absolute atomic E-state index is 0.334. The Bertz CT molecular complexity index is 520. The van der Waals surface area contributed by atoms with Gasteiger partial charge in [0.2, 0.25) is 0 Å². The molecule has 1 unspecified atom stereocenters. The molecule has 3 nitrogen and oxygen atoms in total. The molecule has 0 saturated carbocycles. The number of halogens is 1. The summed E-state index contributed by atoms with van der Waals surface area (Å²) < 4.78 is 15.9. The van der Waals surface area contributed by atoms with Crippen molar-refractivity contribution in [1.29, 1.82) is 0 Å². The Kier molecular flexibility index (Phi) is 3.82. The van der Waals surface area contributed by atoms with E-state index in [1.54, 1.807) is 20.5 Å². The van der Waals surface area contributed by atoms with E-state index in [0.717, 1.165) is 11.1 Å². The summed E-state index contributed by atoms with van der Waals surface area (Å²) in [6, 6.07) is 7.47. The van der Waals surface area contributed by atoms with Crippen molar-refractivity contribution in [2.45, 2.75) is 12.3 Å². The van der Waals surface area contributed by atoms with Crippen LogP contribution in [0.1, 0.15) is 22.3 Å². The summed E-state index contributed by atoms with van der Waals surface area (Å²) in [4.78, 5) is 0. The second-order valence-electron chi connectivity index (χ2n) is 3.94. The van der Waals surface area contributed by atoms with E-state index in [0.29, 0.717) is 17.3 Å². The average molecular weight is 267 g/mol. The van der Waals surface area contributed by atoms with Crippen LogP contribution in [0.3, 0.4) is 0 Å². The molecule has 0 bridgehead atoms. The predicted molar refractivity (Wildman–Crippen MR) is 70.7 cm³/mol. The van der Waals surface area contributed by atoms with E-state index in [1.807, 2.05) is 31.2 Å². The largest absolute Gasteiger partial charge is 0.493 e. The molecule has 0 amide bonds. The lowest BCUT2D eigenvalue weighted by atomic mass is 10.0. The fourth-order valence-corrected chi connectivity index (χ4v) is 2.22. The molecule has 0 aliphatic heterocycles. The molecule has 96 valence electrons. The quantitative estimate of drug-likeness (QED) is 0.786. The zero-order chi connectivity index (χ0) is 13.1. The van der Waals surface area contributed by atoms with Crippen LogP contribution in [0.5, 0.6) is 11.5 Å². The van der Waals surface area contributed by atoms with Gasteiger partial charge in [-0.3, -0.25) is 0 Å². The molecule has 0 saturated heterocycles. The van der Waals surface area contributed by atoms with Gasteiger partial charge in [0.1, 0.15) is 11.1 Å². The van der Waals surface area contributed by atoms with E-state index in [9.17, 15) is 0 Å². The molecular formula is C14H15ClO3. The van der Waals surface area contributed by atoms with E-state index < -0.39 is 0 Å². The van der Waals surface area contributed by atoms with Gasteiger partial charge in [-0.2, -0.15) is 0 Å². The minimum atomic E-state index is -0.334. The first-order valence-electron chi connectivity index (χ1n) is 5.57. The van der Waals surface area contributed by atoms with Crippen molar-refractivity contribution in [1.82, 2.24) is 0 Å². The summed E-state index contributed by atoms with van der Waals surface area (Å²) in [5.41, 5.74) is 1.98. The van der Waals surface area contributed by atoms with Crippen molar-refractivity contribution in [3.63, 3.8) is 0 Å². The molecule has 0 radical (unpaired) electrons. The van der Waals surface area contributed by atoms with Crippen LogP contribution in [0.25, 0.3) is 0 Å². The molecule has 1 atom stereocenters. The van der Waals surface area contributed by atoms with Crippen LogP contribution < -0.4 is 9.47 Å². The highest BCUT2D eigenvalue weighted by molar-refractivity contribution is 6.22. The molecule has 0 fully saturated rings. The fraction of sp³-hybridized carbons (Fsp3) is 0.286.